The van der Waals surface area contributed by atoms with Gasteiger partial charge in [0, 0.05) is 38.7 Å². The van der Waals surface area contributed by atoms with Gasteiger partial charge in [0.15, 0.2) is 11.5 Å². The van der Waals surface area contributed by atoms with Crippen LogP contribution in [0.1, 0.15) is 40.8 Å². The van der Waals surface area contributed by atoms with E-state index in [2.05, 4.69) is 20.1 Å². The van der Waals surface area contributed by atoms with E-state index in [1.807, 2.05) is 21.2 Å². The molecule has 8 heteroatoms. The molecular formula is C17H19N7O. The van der Waals surface area contributed by atoms with Crippen LogP contribution in [0.4, 0.5) is 0 Å². The summed E-state index contributed by atoms with van der Waals surface area (Å²) in [5, 5.41) is 4.63. The van der Waals surface area contributed by atoms with Crippen molar-refractivity contribution >= 4 is 17.1 Å². The number of amides is 1. The monoisotopic (exact) mass is 337 g/mol. The molecule has 0 unspecified atom stereocenters. The standard InChI is InChI=1S/C17H19N7O/c1-22-10-19-14-12(4-6-18-16(14)22)17(25)23-7-5-13-20-15(11-2-3-11)21-24(13)9-8-23/h4,6,10-11H,2-3,5,7-9H2,1H3. The van der Waals surface area contributed by atoms with Crippen molar-refractivity contribution in [3.63, 3.8) is 0 Å². The Bertz CT molecular complexity index is 943. The first kappa shape index (κ1) is 14.6. The molecule has 0 atom stereocenters. The number of rotatable bonds is 2. The zero-order chi connectivity index (χ0) is 17.0. The molecule has 2 aliphatic rings. The van der Waals surface area contributed by atoms with Crippen LogP contribution in [0.2, 0.25) is 0 Å². The van der Waals surface area contributed by atoms with Gasteiger partial charge in [-0.1, -0.05) is 0 Å². The number of carbonyl (C=O) groups excluding carboxylic acids is 1. The highest BCUT2D eigenvalue weighted by atomic mass is 16.2. The van der Waals surface area contributed by atoms with Gasteiger partial charge in [0.05, 0.1) is 18.4 Å². The maximum Gasteiger partial charge on any atom is 0.256 e. The van der Waals surface area contributed by atoms with Crippen LogP contribution in [0.15, 0.2) is 18.6 Å². The predicted molar refractivity (Wildman–Crippen MR) is 90.1 cm³/mol. The van der Waals surface area contributed by atoms with Crippen molar-refractivity contribution in [3.8, 4) is 0 Å². The molecule has 0 spiro atoms. The van der Waals surface area contributed by atoms with E-state index < -0.39 is 0 Å². The smallest absolute Gasteiger partial charge is 0.256 e. The minimum atomic E-state index is -0.000676. The van der Waals surface area contributed by atoms with Crippen LogP contribution in [0.25, 0.3) is 11.2 Å². The molecule has 0 bridgehead atoms. The molecule has 3 aromatic heterocycles. The van der Waals surface area contributed by atoms with Crippen molar-refractivity contribution in [3.05, 3.63) is 35.8 Å². The Kier molecular flexibility index (Phi) is 3.13. The Morgan fingerprint density at radius 1 is 1.20 bits per heavy atom. The second-order valence-electron chi connectivity index (χ2n) is 6.81. The number of pyridine rings is 1. The molecule has 1 aliphatic carbocycles. The van der Waals surface area contributed by atoms with Gasteiger partial charge in [-0.3, -0.25) is 4.79 Å². The summed E-state index contributed by atoms with van der Waals surface area (Å²) < 4.78 is 3.80. The molecule has 1 amide bonds. The first-order chi connectivity index (χ1) is 12.2. The van der Waals surface area contributed by atoms with E-state index in [4.69, 9.17) is 0 Å². The molecule has 25 heavy (non-hydrogen) atoms. The van der Waals surface area contributed by atoms with E-state index in [1.54, 1.807) is 18.6 Å². The van der Waals surface area contributed by atoms with Crippen LogP contribution < -0.4 is 0 Å². The fourth-order valence-electron chi connectivity index (χ4n) is 3.41. The van der Waals surface area contributed by atoms with Gasteiger partial charge in [0.1, 0.15) is 11.3 Å². The van der Waals surface area contributed by atoms with Gasteiger partial charge in [-0.25, -0.2) is 19.6 Å². The first-order valence-corrected chi connectivity index (χ1v) is 8.69. The Hall–Kier alpha value is -2.77. The Labute approximate surface area is 144 Å². The molecule has 0 N–H and O–H groups in total. The first-order valence-electron chi connectivity index (χ1n) is 8.69. The summed E-state index contributed by atoms with van der Waals surface area (Å²) in [4.78, 5) is 28.2. The number of nitrogens with zero attached hydrogens (tertiary/aromatic N) is 7. The maximum atomic E-state index is 13.0. The zero-order valence-corrected chi connectivity index (χ0v) is 14.1. The van der Waals surface area contributed by atoms with E-state index in [1.165, 1.54) is 12.8 Å². The highest BCUT2D eigenvalue weighted by Gasteiger charge is 2.30. The third kappa shape index (κ3) is 2.40. The predicted octanol–water partition coefficient (Wildman–Crippen LogP) is 1.14. The van der Waals surface area contributed by atoms with Crippen molar-refractivity contribution in [2.24, 2.45) is 7.05 Å². The number of fused-ring (bicyclic) bond motifs is 2. The third-order valence-electron chi connectivity index (χ3n) is 5.01. The van der Waals surface area contributed by atoms with Crippen molar-refractivity contribution in [2.45, 2.75) is 31.7 Å². The Balaban J connectivity index is 1.40. The molecule has 0 saturated heterocycles. The lowest BCUT2D eigenvalue weighted by Gasteiger charge is -2.20. The summed E-state index contributed by atoms with van der Waals surface area (Å²) >= 11 is 0. The molecule has 3 aromatic rings. The Morgan fingerprint density at radius 3 is 2.92 bits per heavy atom. The molecular weight excluding hydrogens is 318 g/mol. The van der Waals surface area contributed by atoms with E-state index in [0.717, 1.165) is 23.7 Å². The van der Waals surface area contributed by atoms with Crippen molar-refractivity contribution in [1.29, 1.82) is 0 Å². The van der Waals surface area contributed by atoms with Crippen LogP contribution in [0.5, 0.6) is 0 Å². The van der Waals surface area contributed by atoms with Crippen molar-refractivity contribution < 1.29 is 4.79 Å². The van der Waals surface area contributed by atoms with Gasteiger partial charge in [-0.05, 0) is 18.9 Å². The molecule has 1 fully saturated rings. The third-order valence-corrected chi connectivity index (χ3v) is 5.01. The van der Waals surface area contributed by atoms with E-state index >= 15 is 0 Å². The lowest BCUT2D eigenvalue weighted by molar-refractivity contribution is 0.0760. The summed E-state index contributed by atoms with van der Waals surface area (Å²) in [6.07, 6.45) is 6.51. The zero-order valence-electron chi connectivity index (χ0n) is 14.1. The van der Waals surface area contributed by atoms with Crippen LogP contribution in [0.3, 0.4) is 0 Å². The SMILES string of the molecule is Cn1cnc2c(C(=O)N3CCc4nc(C5CC5)nn4CC3)ccnc21. The van der Waals surface area contributed by atoms with Crippen LogP contribution >= 0.6 is 0 Å². The Morgan fingerprint density at radius 2 is 2.08 bits per heavy atom. The fraction of sp³-hybridized carbons (Fsp3) is 0.471. The largest absolute Gasteiger partial charge is 0.336 e. The van der Waals surface area contributed by atoms with Crippen LogP contribution in [0, 0.1) is 0 Å². The number of imidazole rings is 1. The average Bonchev–Trinajstić information content (AvgIpc) is 3.35. The molecule has 1 aliphatic heterocycles. The van der Waals surface area contributed by atoms with Gasteiger partial charge in [-0.15, -0.1) is 0 Å². The van der Waals surface area contributed by atoms with Crippen molar-refractivity contribution in [1.82, 2.24) is 34.2 Å². The highest BCUT2D eigenvalue weighted by Crippen LogP contribution is 2.38. The van der Waals surface area contributed by atoms with Crippen LogP contribution in [-0.2, 0) is 20.0 Å². The fourth-order valence-corrected chi connectivity index (χ4v) is 3.41. The van der Waals surface area contributed by atoms with E-state index in [9.17, 15) is 4.79 Å². The molecule has 0 aromatic carbocycles. The number of aromatic nitrogens is 6. The van der Waals surface area contributed by atoms with Crippen LogP contribution in [-0.4, -0.2) is 53.2 Å². The summed E-state index contributed by atoms with van der Waals surface area (Å²) in [7, 11) is 1.88. The molecule has 5 rings (SSSR count). The second kappa shape index (κ2) is 5.37. The number of carbonyl (C=O) groups is 1. The number of hydrogen-bond donors (Lipinski definition) is 0. The lowest BCUT2D eigenvalue weighted by atomic mass is 10.2. The molecule has 128 valence electrons. The van der Waals surface area contributed by atoms with Gasteiger partial charge >= 0.3 is 0 Å². The molecule has 0 radical (unpaired) electrons. The minimum absolute atomic E-state index is 0.000676. The molecule has 1 saturated carbocycles. The number of aryl methyl sites for hydroxylation is 1. The normalized spacial score (nSPS) is 17.6. The summed E-state index contributed by atoms with van der Waals surface area (Å²) in [5.41, 5.74) is 1.99. The molecule has 8 nitrogen and oxygen atoms in total. The van der Waals surface area contributed by atoms with Gasteiger partial charge < -0.3 is 9.47 Å². The van der Waals surface area contributed by atoms with E-state index in [0.29, 0.717) is 36.6 Å². The highest BCUT2D eigenvalue weighted by molar-refractivity contribution is 6.04. The van der Waals surface area contributed by atoms with Gasteiger partial charge in [0.2, 0.25) is 0 Å². The quantitative estimate of drug-likeness (QED) is 0.700. The second-order valence-corrected chi connectivity index (χ2v) is 6.81. The minimum Gasteiger partial charge on any atom is -0.336 e. The maximum absolute atomic E-state index is 13.0. The molecule has 4 heterocycles. The lowest BCUT2D eigenvalue weighted by Crippen LogP contribution is -2.34. The van der Waals surface area contributed by atoms with Gasteiger partial charge in [0.25, 0.3) is 5.91 Å². The van der Waals surface area contributed by atoms with Gasteiger partial charge in [-0.2, -0.15) is 5.10 Å². The number of hydrogen-bond acceptors (Lipinski definition) is 5. The van der Waals surface area contributed by atoms with E-state index in [-0.39, 0.29) is 5.91 Å². The van der Waals surface area contributed by atoms with Crippen molar-refractivity contribution in [2.75, 3.05) is 13.1 Å². The summed E-state index contributed by atoms with van der Waals surface area (Å²) in [5.74, 6) is 2.54. The average molecular weight is 337 g/mol. The topological polar surface area (TPSA) is 81.7 Å². The summed E-state index contributed by atoms with van der Waals surface area (Å²) in [6, 6.07) is 1.75. The summed E-state index contributed by atoms with van der Waals surface area (Å²) in [6.45, 7) is 1.98.